The summed E-state index contributed by atoms with van der Waals surface area (Å²) in [4.78, 5) is 2.43. The molecule has 0 saturated carbocycles. The van der Waals surface area contributed by atoms with Crippen LogP contribution in [0.15, 0.2) is 18.2 Å². The normalized spacial score (nSPS) is 23.2. The highest BCUT2D eigenvalue weighted by atomic mass is 35.5. The molecule has 1 saturated heterocycles. The van der Waals surface area contributed by atoms with Crippen LogP contribution < -0.4 is 10.5 Å². The van der Waals surface area contributed by atoms with Gasteiger partial charge in [-0.2, -0.15) is 0 Å². The number of nitrogens with zero attached hydrogens (tertiary/aromatic N) is 1. The maximum Gasteiger partial charge on any atom is 0.124 e. The molecule has 0 spiro atoms. The number of nitrogens with two attached hydrogens (primary N) is 1. The van der Waals surface area contributed by atoms with E-state index >= 15 is 0 Å². The number of hydrogen-bond acceptors (Lipinski definition) is 3. The fraction of sp³-hybridized carbons (Fsp3) is 0.600. The Balaban J connectivity index is 0.00000200. The Labute approximate surface area is 132 Å². The van der Waals surface area contributed by atoms with Crippen molar-refractivity contribution in [2.24, 2.45) is 11.7 Å². The predicted octanol–water partition coefficient (Wildman–Crippen LogP) is 3.33. The van der Waals surface area contributed by atoms with E-state index in [4.69, 9.17) is 22.1 Å². The zero-order valence-corrected chi connectivity index (χ0v) is 13.7. The predicted molar refractivity (Wildman–Crippen MR) is 86.9 cm³/mol. The maximum atomic E-state index is 6.31. The average Bonchev–Trinajstić information content (AvgIpc) is 2.42. The van der Waals surface area contributed by atoms with Crippen molar-refractivity contribution in [1.29, 1.82) is 0 Å². The summed E-state index contributed by atoms with van der Waals surface area (Å²) in [6.45, 7) is 4.90. The number of methoxy groups -OCH3 is 1. The molecule has 20 heavy (non-hydrogen) atoms. The Morgan fingerprint density at radius 3 is 2.85 bits per heavy atom. The molecule has 2 atom stereocenters. The minimum Gasteiger partial charge on any atom is -0.496 e. The Kier molecular flexibility index (Phi) is 7.10. The lowest BCUT2D eigenvalue weighted by Crippen LogP contribution is -2.45. The smallest absolute Gasteiger partial charge is 0.124 e. The van der Waals surface area contributed by atoms with Gasteiger partial charge in [-0.15, -0.1) is 12.4 Å². The van der Waals surface area contributed by atoms with Crippen molar-refractivity contribution in [3.05, 3.63) is 28.8 Å². The average molecular weight is 319 g/mol. The SMILES string of the molecule is COc1cccc(Cl)c1CN1CCC(C)CC1CN.Cl. The van der Waals surface area contributed by atoms with Gasteiger partial charge in [0.05, 0.1) is 7.11 Å². The van der Waals surface area contributed by atoms with Crippen LogP contribution in [0.3, 0.4) is 0 Å². The molecule has 1 aromatic rings. The summed E-state index contributed by atoms with van der Waals surface area (Å²) in [5, 5.41) is 0.772. The Morgan fingerprint density at radius 2 is 2.20 bits per heavy atom. The number of ether oxygens (including phenoxy) is 1. The first-order chi connectivity index (χ1) is 9.15. The van der Waals surface area contributed by atoms with Crippen LogP contribution in [-0.2, 0) is 6.54 Å². The molecule has 0 bridgehead atoms. The topological polar surface area (TPSA) is 38.5 Å². The lowest BCUT2D eigenvalue weighted by Gasteiger charge is -2.38. The molecule has 1 heterocycles. The highest BCUT2D eigenvalue weighted by molar-refractivity contribution is 6.31. The lowest BCUT2D eigenvalue weighted by molar-refractivity contribution is 0.114. The first kappa shape index (κ1) is 17.6. The van der Waals surface area contributed by atoms with Gasteiger partial charge < -0.3 is 10.5 Å². The number of halogens is 2. The van der Waals surface area contributed by atoms with E-state index in [1.54, 1.807) is 7.11 Å². The molecule has 1 aliphatic rings. The Hall–Kier alpha value is -0.480. The molecule has 1 aromatic carbocycles. The van der Waals surface area contributed by atoms with E-state index in [-0.39, 0.29) is 12.4 Å². The quantitative estimate of drug-likeness (QED) is 0.925. The van der Waals surface area contributed by atoms with Crippen molar-refractivity contribution >= 4 is 24.0 Å². The van der Waals surface area contributed by atoms with Gasteiger partial charge in [0, 0.05) is 29.7 Å². The van der Waals surface area contributed by atoms with Crippen molar-refractivity contribution in [2.45, 2.75) is 32.4 Å². The van der Waals surface area contributed by atoms with E-state index in [1.165, 1.54) is 12.8 Å². The molecule has 2 rings (SSSR count). The highest BCUT2D eigenvalue weighted by Crippen LogP contribution is 2.30. The van der Waals surface area contributed by atoms with Gasteiger partial charge in [-0.3, -0.25) is 4.90 Å². The second-order valence-corrected chi connectivity index (χ2v) is 5.82. The van der Waals surface area contributed by atoms with Crippen LogP contribution in [-0.4, -0.2) is 31.1 Å². The van der Waals surface area contributed by atoms with Gasteiger partial charge in [0.2, 0.25) is 0 Å². The fourth-order valence-corrected chi connectivity index (χ4v) is 3.07. The molecular weight excluding hydrogens is 295 g/mol. The largest absolute Gasteiger partial charge is 0.496 e. The third-order valence-electron chi connectivity index (χ3n) is 4.03. The molecule has 0 aromatic heterocycles. The highest BCUT2D eigenvalue weighted by Gasteiger charge is 2.26. The van der Waals surface area contributed by atoms with Crippen LogP contribution in [0.1, 0.15) is 25.3 Å². The van der Waals surface area contributed by atoms with Gasteiger partial charge in [-0.25, -0.2) is 0 Å². The molecule has 5 heteroatoms. The molecule has 114 valence electrons. The summed E-state index contributed by atoms with van der Waals surface area (Å²) in [6, 6.07) is 6.25. The van der Waals surface area contributed by atoms with Gasteiger partial charge >= 0.3 is 0 Å². The minimum atomic E-state index is 0. The number of likely N-dealkylation sites (tertiary alicyclic amines) is 1. The summed E-state index contributed by atoms with van der Waals surface area (Å²) in [7, 11) is 1.69. The second-order valence-electron chi connectivity index (χ2n) is 5.41. The van der Waals surface area contributed by atoms with Crippen LogP contribution in [0.4, 0.5) is 0 Å². The molecule has 0 amide bonds. The molecule has 3 nitrogen and oxygen atoms in total. The molecule has 1 aliphatic heterocycles. The summed E-state index contributed by atoms with van der Waals surface area (Å²) in [6.07, 6.45) is 2.40. The van der Waals surface area contributed by atoms with Crippen LogP contribution in [0.5, 0.6) is 5.75 Å². The molecule has 0 aliphatic carbocycles. The van der Waals surface area contributed by atoms with E-state index in [0.717, 1.165) is 35.3 Å². The van der Waals surface area contributed by atoms with Gasteiger partial charge in [-0.05, 0) is 37.4 Å². The van der Waals surface area contributed by atoms with Crippen LogP contribution in [0.2, 0.25) is 5.02 Å². The Bertz CT molecular complexity index is 428. The minimum absolute atomic E-state index is 0. The van der Waals surface area contributed by atoms with Crippen molar-refractivity contribution in [1.82, 2.24) is 4.90 Å². The molecule has 2 N–H and O–H groups in total. The van der Waals surface area contributed by atoms with E-state index in [2.05, 4.69) is 11.8 Å². The molecule has 0 radical (unpaired) electrons. The third kappa shape index (κ3) is 4.01. The van der Waals surface area contributed by atoms with Crippen LogP contribution in [0.25, 0.3) is 0 Å². The first-order valence-corrected chi connectivity index (χ1v) is 7.29. The van der Waals surface area contributed by atoms with Crippen LogP contribution >= 0.6 is 24.0 Å². The molecule has 2 unspecified atom stereocenters. The standard InChI is InChI=1S/C15H23ClN2O.ClH/c1-11-6-7-18(12(8-11)9-17)10-13-14(16)4-3-5-15(13)19-2;/h3-5,11-12H,6-10,17H2,1-2H3;1H. The van der Waals surface area contributed by atoms with E-state index in [0.29, 0.717) is 12.6 Å². The first-order valence-electron chi connectivity index (χ1n) is 6.91. The zero-order chi connectivity index (χ0) is 13.8. The number of piperidine rings is 1. The van der Waals surface area contributed by atoms with E-state index in [1.807, 2.05) is 18.2 Å². The van der Waals surface area contributed by atoms with E-state index in [9.17, 15) is 0 Å². The number of benzene rings is 1. The molecule has 1 fully saturated rings. The summed E-state index contributed by atoms with van der Waals surface area (Å²) in [5.74, 6) is 1.62. The number of rotatable bonds is 4. The van der Waals surface area contributed by atoms with Crippen molar-refractivity contribution < 1.29 is 4.74 Å². The zero-order valence-electron chi connectivity index (χ0n) is 12.1. The van der Waals surface area contributed by atoms with Crippen molar-refractivity contribution in [2.75, 3.05) is 20.2 Å². The van der Waals surface area contributed by atoms with Crippen molar-refractivity contribution in [3.8, 4) is 5.75 Å². The van der Waals surface area contributed by atoms with Gasteiger partial charge in [0.25, 0.3) is 0 Å². The summed E-state index contributed by atoms with van der Waals surface area (Å²) < 4.78 is 5.42. The third-order valence-corrected chi connectivity index (χ3v) is 4.38. The summed E-state index contributed by atoms with van der Waals surface area (Å²) >= 11 is 6.31. The van der Waals surface area contributed by atoms with E-state index < -0.39 is 0 Å². The van der Waals surface area contributed by atoms with Gasteiger partial charge in [0.15, 0.2) is 0 Å². The second kappa shape index (κ2) is 8.08. The number of hydrogen-bond donors (Lipinski definition) is 1. The fourth-order valence-electron chi connectivity index (χ4n) is 2.84. The van der Waals surface area contributed by atoms with Crippen LogP contribution in [0, 0.1) is 5.92 Å². The Morgan fingerprint density at radius 1 is 1.45 bits per heavy atom. The van der Waals surface area contributed by atoms with Crippen molar-refractivity contribution in [3.63, 3.8) is 0 Å². The summed E-state index contributed by atoms with van der Waals surface area (Å²) in [5.41, 5.74) is 6.98. The lowest BCUT2D eigenvalue weighted by atomic mass is 9.92. The molecular formula is C15H24Cl2N2O. The van der Waals surface area contributed by atoms with Gasteiger partial charge in [0.1, 0.15) is 5.75 Å². The van der Waals surface area contributed by atoms with Gasteiger partial charge in [-0.1, -0.05) is 24.6 Å². The maximum absolute atomic E-state index is 6.31. The monoisotopic (exact) mass is 318 g/mol.